The van der Waals surface area contributed by atoms with Crippen molar-refractivity contribution >= 4 is 11.9 Å². The van der Waals surface area contributed by atoms with Crippen LogP contribution in [0.2, 0.25) is 0 Å². The Morgan fingerprint density at radius 3 is 1.45 bits per heavy atom. The summed E-state index contributed by atoms with van der Waals surface area (Å²) in [4.78, 5) is 23.1. The molecule has 0 unspecified atom stereocenters. The van der Waals surface area contributed by atoms with E-state index in [-0.39, 0.29) is 23.1 Å². The molecule has 7 heteroatoms. The second-order valence-corrected chi connectivity index (χ2v) is 15.8. The van der Waals surface area contributed by atoms with Crippen molar-refractivity contribution in [3.05, 3.63) is 142 Å². The smallest absolute Gasteiger partial charge is 0.335 e. The first-order valence-corrected chi connectivity index (χ1v) is 19.6. The topological polar surface area (TPSA) is 92.4 Å². The molecule has 55 heavy (non-hydrogen) atoms. The highest BCUT2D eigenvalue weighted by atomic mass is 19.1. The number of amides is 1. The van der Waals surface area contributed by atoms with Gasteiger partial charge in [0.1, 0.15) is 11.6 Å². The third-order valence-corrected chi connectivity index (χ3v) is 11.4. The minimum Gasteiger partial charge on any atom is -0.478 e. The number of hydrogen-bond donors (Lipinski definition) is 3. The van der Waals surface area contributed by atoms with Crippen LogP contribution < -0.4 is 11.1 Å². The van der Waals surface area contributed by atoms with Crippen molar-refractivity contribution in [3.8, 4) is 23.7 Å². The number of benzene rings is 4. The quantitative estimate of drug-likeness (QED) is 0.149. The number of nitrogens with one attached hydrogen (secondary N) is 1. The molecule has 1 amide bonds. The van der Waals surface area contributed by atoms with E-state index < -0.39 is 5.97 Å². The maximum Gasteiger partial charge on any atom is 0.335 e. The molecule has 0 saturated heterocycles. The number of rotatable bonds is 9. The van der Waals surface area contributed by atoms with Gasteiger partial charge in [-0.3, -0.25) is 4.79 Å². The van der Waals surface area contributed by atoms with Gasteiger partial charge >= 0.3 is 5.97 Å². The highest BCUT2D eigenvalue weighted by Gasteiger charge is 2.42. The average Bonchev–Trinajstić information content (AvgIpc) is 4.12. The molecule has 4 aromatic rings. The van der Waals surface area contributed by atoms with Gasteiger partial charge in [-0.15, -0.1) is 0 Å². The van der Waals surface area contributed by atoms with Gasteiger partial charge < -0.3 is 16.2 Å². The fraction of sp³-hybridized carbons (Fsp3) is 0.375. The molecule has 0 spiro atoms. The van der Waals surface area contributed by atoms with E-state index >= 15 is 0 Å². The summed E-state index contributed by atoms with van der Waals surface area (Å²) in [6.45, 7) is 1.74. The lowest BCUT2D eigenvalue weighted by atomic mass is 9.65. The van der Waals surface area contributed by atoms with Crippen molar-refractivity contribution in [2.75, 3.05) is 13.1 Å². The van der Waals surface area contributed by atoms with Crippen LogP contribution in [0.4, 0.5) is 8.78 Å². The summed E-state index contributed by atoms with van der Waals surface area (Å²) < 4.78 is 26.9. The van der Waals surface area contributed by atoms with Gasteiger partial charge in [-0.2, -0.15) is 0 Å². The minimum atomic E-state index is -0.983. The van der Waals surface area contributed by atoms with E-state index in [2.05, 4.69) is 29.0 Å². The van der Waals surface area contributed by atoms with Crippen LogP contribution in [0.15, 0.2) is 97.1 Å². The monoisotopic (exact) mass is 740 g/mol. The normalized spacial score (nSPS) is 17.0. The Morgan fingerprint density at radius 2 is 1.07 bits per heavy atom. The lowest BCUT2D eigenvalue weighted by Crippen LogP contribution is -2.42. The summed E-state index contributed by atoms with van der Waals surface area (Å²) in [7, 11) is 0. The number of carbonyl (C=O) groups excluding carboxylic acids is 1. The molecule has 5 nitrogen and oxygen atoms in total. The van der Waals surface area contributed by atoms with Crippen molar-refractivity contribution < 1.29 is 23.5 Å². The Kier molecular flexibility index (Phi) is 13.2. The number of carbonyl (C=O) groups is 2. The first kappa shape index (κ1) is 39.5. The standard InChI is InChI=1S/C24H24FNO.C15H9FO2.C9H17N/c25-22-5-2-1-4-20(22)11-8-18-9-12-21(13-10-18)23(27)26-17-24(14-3-15-24)16-19-6-7-19;16-14-4-2-1-3-12(14)8-5-11-6-9-13(10-7-11)15(17)18;10-7-9(4-1-5-9)6-8-2-3-8/h1-2,4-5,9-10,12-13,19H,3,6-7,14-17H2,(H,26,27);1-4,6-7,9-10H,(H,17,18);8H,1-7,10H2. The Morgan fingerprint density at radius 1 is 0.636 bits per heavy atom. The fourth-order valence-electron chi connectivity index (χ4n) is 7.34. The predicted octanol–water partition coefficient (Wildman–Crippen LogP) is 9.76. The molecule has 4 N–H and O–H groups in total. The molecule has 0 heterocycles. The maximum absolute atomic E-state index is 13.6. The summed E-state index contributed by atoms with van der Waals surface area (Å²) >= 11 is 0. The Balaban J connectivity index is 0.000000157. The molecule has 0 aliphatic heterocycles. The first-order valence-electron chi connectivity index (χ1n) is 19.6. The minimum absolute atomic E-state index is 0.0225. The zero-order valence-electron chi connectivity index (χ0n) is 31.4. The highest BCUT2D eigenvalue weighted by molar-refractivity contribution is 5.94. The SMILES string of the molecule is NCC1(CC2CC2)CCC1.O=C(NCC1(CC2CC2)CCC1)c1ccc(C#Cc2ccccc2F)cc1.O=C(O)c1ccc(C#Cc2ccccc2F)cc1. The highest BCUT2D eigenvalue weighted by Crippen LogP contribution is 2.51. The summed E-state index contributed by atoms with van der Waals surface area (Å²) in [5.74, 6) is 11.6. The van der Waals surface area contributed by atoms with Crippen LogP contribution in [0.3, 0.4) is 0 Å². The molecule has 0 radical (unpaired) electrons. The first-order chi connectivity index (χ1) is 26.6. The number of nitrogens with two attached hydrogens (primary N) is 1. The third-order valence-electron chi connectivity index (χ3n) is 11.4. The van der Waals surface area contributed by atoms with Gasteiger partial charge in [-0.1, -0.05) is 86.5 Å². The number of carboxylic acid groups (broad SMARTS) is 1. The van der Waals surface area contributed by atoms with Crippen molar-refractivity contribution in [2.24, 2.45) is 28.4 Å². The average molecular weight is 741 g/mol. The molecule has 4 aliphatic rings. The molecular weight excluding hydrogens is 691 g/mol. The number of hydrogen-bond acceptors (Lipinski definition) is 3. The van der Waals surface area contributed by atoms with Crippen LogP contribution >= 0.6 is 0 Å². The predicted molar refractivity (Wildman–Crippen MR) is 213 cm³/mol. The number of halogens is 2. The van der Waals surface area contributed by atoms with Gasteiger partial charge in [0.2, 0.25) is 0 Å². The van der Waals surface area contributed by atoms with Crippen molar-refractivity contribution in [2.45, 2.75) is 77.0 Å². The van der Waals surface area contributed by atoms with E-state index in [0.717, 1.165) is 30.5 Å². The molecule has 284 valence electrons. The summed E-state index contributed by atoms with van der Waals surface area (Å²) in [5, 5.41) is 11.9. The third kappa shape index (κ3) is 11.6. The summed E-state index contributed by atoms with van der Waals surface area (Å²) in [6, 6.07) is 26.0. The van der Waals surface area contributed by atoms with E-state index in [0.29, 0.717) is 33.1 Å². The summed E-state index contributed by atoms with van der Waals surface area (Å²) in [6.07, 6.45) is 16.5. The molecular formula is C48H50F2N2O3. The lowest BCUT2D eigenvalue weighted by Gasteiger charge is -2.42. The second kappa shape index (κ2) is 18.4. The molecule has 4 fully saturated rings. The maximum atomic E-state index is 13.6. The van der Waals surface area contributed by atoms with Crippen molar-refractivity contribution in [3.63, 3.8) is 0 Å². The lowest BCUT2D eigenvalue weighted by molar-refractivity contribution is 0.0696. The van der Waals surface area contributed by atoms with Crippen LogP contribution in [0, 0.1) is 58.0 Å². The molecule has 8 rings (SSSR count). The van der Waals surface area contributed by atoms with Crippen LogP contribution in [-0.2, 0) is 0 Å². The van der Waals surface area contributed by atoms with Crippen LogP contribution in [-0.4, -0.2) is 30.1 Å². The fourth-order valence-corrected chi connectivity index (χ4v) is 7.34. The number of aromatic carboxylic acids is 1. The molecule has 0 atom stereocenters. The van der Waals surface area contributed by atoms with E-state index in [1.807, 2.05) is 12.1 Å². The Labute approximate surface area is 324 Å². The molecule has 0 bridgehead atoms. The van der Waals surface area contributed by atoms with Crippen molar-refractivity contribution in [1.29, 1.82) is 0 Å². The zero-order valence-corrected chi connectivity index (χ0v) is 31.4. The Bertz CT molecular complexity index is 2050. The zero-order chi connectivity index (χ0) is 38.7. The van der Waals surface area contributed by atoms with Crippen LogP contribution in [0.25, 0.3) is 0 Å². The van der Waals surface area contributed by atoms with Crippen LogP contribution in [0.1, 0.15) is 120 Å². The van der Waals surface area contributed by atoms with Crippen LogP contribution in [0.5, 0.6) is 0 Å². The van der Waals surface area contributed by atoms with Gasteiger partial charge in [-0.25, -0.2) is 13.6 Å². The largest absolute Gasteiger partial charge is 0.478 e. The summed E-state index contributed by atoms with van der Waals surface area (Å²) in [5.41, 5.74) is 9.67. The van der Waals surface area contributed by atoms with E-state index in [4.69, 9.17) is 10.8 Å². The number of carboxylic acids is 1. The van der Waals surface area contributed by atoms with Gasteiger partial charge in [0.15, 0.2) is 0 Å². The van der Waals surface area contributed by atoms with E-state index in [1.165, 1.54) is 101 Å². The second-order valence-electron chi connectivity index (χ2n) is 15.8. The molecule has 0 aromatic heterocycles. The molecule has 4 aliphatic carbocycles. The van der Waals surface area contributed by atoms with Gasteiger partial charge in [-0.05, 0) is 141 Å². The van der Waals surface area contributed by atoms with E-state index in [9.17, 15) is 18.4 Å². The van der Waals surface area contributed by atoms with Gasteiger partial charge in [0.05, 0.1) is 16.7 Å². The van der Waals surface area contributed by atoms with Gasteiger partial charge in [0, 0.05) is 23.2 Å². The molecule has 4 aromatic carbocycles. The molecule has 4 saturated carbocycles. The Hall–Kier alpha value is -5.24. The van der Waals surface area contributed by atoms with Gasteiger partial charge in [0.25, 0.3) is 5.91 Å². The van der Waals surface area contributed by atoms with Crippen molar-refractivity contribution in [1.82, 2.24) is 5.32 Å². The van der Waals surface area contributed by atoms with E-state index in [1.54, 1.807) is 60.7 Å².